The Hall–Kier alpha value is -3.86. The van der Waals surface area contributed by atoms with Gasteiger partial charge in [0.1, 0.15) is 12.4 Å². The van der Waals surface area contributed by atoms with Crippen molar-refractivity contribution < 1.29 is 19.1 Å². The van der Waals surface area contributed by atoms with Gasteiger partial charge in [0.2, 0.25) is 0 Å². The molecule has 0 aliphatic rings. The van der Waals surface area contributed by atoms with E-state index < -0.39 is 5.97 Å². The molecule has 0 heterocycles. The number of ether oxygens (including phenoxy) is 2. The summed E-state index contributed by atoms with van der Waals surface area (Å²) < 4.78 is 10.5. The van der Waals surface area contributed by atoms with Crippen LogP contribution in [0.5, 0.6) is 5.75 Å². The van der Waals surface area contributed by atoms with Crippen molar-refractivity contribution >= 4 is 23.6 Å². The summed E-state index contributed by atoms with van der Waals surface area (Å²) in [6, 6.07) is 23.6. The number of amides is 1. The largest absolute Gasteiger partial charge is 0.496 e. The van der Waals surface area contributed by atoms with Gasteiger partial charge in [-0.1, -0.05) is 48.5 Å². The first-order chi connectivity index (χ1) is 14.2. The van der Waals surface area contributed by atoms with Gasteiger partial charge in [-0.25, -0.2) is 4.79 Å². The maximum atomic E-state index is 12.2. The summed E-state index contributed by atoms with van der Waals surface area (Å²) >= 11 is 0. The smallest absolute Gasteiger partial charge is 0.331 e. The third kappa shape index (κ3) is 5.81. The number of rotatable bonds is 7. The van der Waals surface area contributed by atoms with Crippen LogP contribution < -0.4 is 10.1 Å². The van der Waals surface area contributed by atoms with Crippen molar-refractivity contribution in [2.24, 2.45) is 0 Å². The molecular formula is C24H21NO4. The summed E-state index contributed by atoms with van der Waals surface area (Å²) in [5, 5.41) is 2.83. The van der Waals surface area contributed by atoms with E-state index in [1.54, 1.807) is 37.5 Å². The summed E-state index contributed by atoms with van der Waals surface area (Å²) in [6.07, 6.45) is 3.01. The van der Waals surface area contributed by atoms with Crippen molar-refractivity contribution in [1.82, 2.24) is 0 Å². The second-order valence-corrected chi connectivity index (χ2v) is 6.20. The molecule has 3 rings (SSSR count). The highest BCUT2D eigenvalue weighted by molar-refractivity contribution is 6.04. The van der Waals surface area contributed by atoms with Gasteiger partial charge >= 0.3 is 5.97 Å². The Morgan fingerprint density at radius 1 is 0.897 bits per heavy atom. The van der Waals surface area contributed by atoms with E-state index in [9.17, 15) is 9.59 Å². The van der Waals surface area contributed by atoms with Crippen molar-refractivity contribution in [2.75, 3.05) is 12.4 Å². The quantitative estimate of drug-likeness (QED) is 0.471. The predicted molar refractivity (Wildman–Crippen MR) is 113 cm³/mol. The lowest BCUT2D eigenvalue weighted by Crippen LogP contribution is -2.11. The van der Waals surface area contributed by atoms with E-state index in [0.29, 0.717) is 11.3 Å². The minimum atomic E-state index is -0.457. The molecule has 0 bridgehead atoms. The van der Waals surface area contributed by atoms with Gasteiger partial charge in [-0.05, 0) is 42.0 Å². The van der Waals surface area contributed by atoms with Crippen molar-refractivity contribution in [2.45, 2.75) is 6.61 Å². The zero-order valence-electron chi connectivity index (χ0n) is 16.0. The third-order valence-corrected chi connectivity index (χ3v) is 4.17. The molecule has 0 radical (unpaired) electrons. The number of hydrogen-bond donors (Lipinski definition) is 1. The molecule has 0 saturated carbocycles. The molecule has 1 amide bonds. The number of methoxy groups -OCH3 is 1. The Morgan fingerprint density at radius 2 is 1.59 bits per heavy atom. The monoisotopic (exact) mass is 387 g/mol. The van der Waals surface area contributed by atoms with Crippen LogP contribution in [0.1, 0.15) is 21.5 Å². The number of nitrogens with one attached hydrogen (secondary N) is 1. The Bertz CT molecular complexity index is 995. The maximum Gasteiger partial charge on any atom is 0.331 e. The molecule has 0 aromatic heterocycles. The van der Waals surface area contributed by atoms with Gasteiger partial charge in [-0.3, -0.25) is 4.79 Å². The van der Waals surface area contributed by atoms with E-state index in [4.69, 9.17) is 9.47 Å². The molecule has 0 unspecified atom stereocenters. The highest BCUT2D eigenvalue weighted by atomic mass is 16.5. The van der Waals surface area contributed by atoms with Crippen LogP contribution in [0.25, 0.3) is 6.08 Å². The van der Waals surface area contributed by atoms with Crippen LogP contribution in [0, 0.1) is 0 Å². The van der Waals surface area contributed by atoms with Crippen molar-refractivity contribution in [3.63, 3.8) is 0 Å². The van der Waals surface area contributed by atoms with Gasteiger partial charge in [-0.2, -0.15) is 0 Å². The summed E-state index contributed by atoms with van der Waals surface area (Å²) in [7, 11) is 1.58. The molecular weight excluding hydrogens is 366 g/mol. The normalized spacial score (nSPS) is 10.5. The van der Waals surface area contributed by atoms with Gasteiger partial charge < -0.3 is 14.8 Å². The Balaban J connectivity index is 1.52. The predicted octanol–water partition coefficient (Wildman–Crippen LogP) is 4.70. The summed E-state index contributed by atoms with van der Waals surface area (Å²) in [5.41, 5.74) is 2.85. The standard InChI is InChI=1S/C24H21NO4/c1-28-22-10-6-5-7-19(22)15-16-23(26)29-17-18-11-13-20(14-12-18)24(27)25-21-8-3-2-4-9-21/h2-16H,17H2,1H3,(H,25,27). The molecule has 146 valence electrons. The lowest BCUT2D eigenvalue weighted by atomic mass is 10.1. The van der Waals surface area contributed by atoms with E-state index in [0.717, 1.165) is 16.8 Å². The molecule has 0 atom stereocenters. The molecule has 5 heteroatoms. The van der Waals surface area contributed by atoms with Crippen LogP contribution >= 0.6 is 0 Å². The Labute approximate surface area is 169 Å². The van der Waals surface area contributed by atoms with Gasteiger partial charge in [0, 0.05) is 22.9 Å². The second kappa shape index (κ2) is 9.90. The second-order valence-electron chi connectivity index (χ2n) is 6.20. The molecule has 29 heavy (non-hydrogen) atoms. The van der Waals surface area contributed by atoms with Gasteiger partial charge in [0.25, 0.3) is 5.91 Å². The SMILES string of the molecule is COc1ccccc1C=CC(=O)OCc1ccc(C(=O)Nc2ccccc2)cc1. The lowest BCUT2D eigenvalue weighted by Gasteiger charge is -2.07. The first kappa shape index (κ1) is 19.9. The minimum Gasteiger partial charge on any atom is -0.496 e. The molecule has 3 aromatic rings. The average Bonchev–Trinajstić information content (AvgIpc) is 2.77. The molecule has 0 fully saturated rings. The fourth-order valence-electron chi connectivity index (χ4n) is 2.64. The van der Waals surface area contributed by atoms with Gasteiger partial charge in [0.15, 0.2) is 0 Å². The highest BCUT2D eigenvalue weighted by Crippen LogP contribution is 2.18. The fraction of sp³-hybridized carbons (Fsp3) is 0.0833. The highest BCUT2D eigenvalue weighted by Gasteiger charge is 2.07. The number of carbonyl (C=O) groups excluding carboxylic acids is 2. The van der Waals surface area contributed by atoms with Gasteiger partial charge in [-0.15, -0.1) is 0 Å². The lowest BCUT2D eigenvalue weighted by molar-refractivity contribution is -0.138. The summed E-state index contributed by atoms with van der Waals surface area (Å²) in [5.74, 6) is 0.0298. The maximum absolute atomic E-state index is 12.2. The molecule has 0 aliphatic heterocycles. The summed E-state index contributed by atoms with van der Waals surface area (Å²) in [4.78, 5) is 24.2. The number of benzene rings is 3. The number of esters is 1. The fourth-order valence-corrected chi connectivity index (χ4v) is 2.64. The zero-order valence-corrected chi connectivity index (χ0v) is 16.0. The Kier molecular flexibility index (Phi) is 6.79. The van der Waals surface area contributed by atoms with Crippen LogP contribution in [-0.4, -0.2) is 19.0 Å². The van der Waals surface area contributed by atoms with Gasteiger partial charge in [0.05, 0.1) is 7.11 Å². The molecule has 5 nitrogen and oxygen atoms in total. The van der Waals surface area contributed by atoms with Crippen LogP contribution in [0.3, 0.4) is 0 Å². The van der Waals surface area contributed by atoms with E-state index in [2.05, 4.69) is 5.32 Å². The molecule has 0 saturated heterocycles. The third-order valence-electron chi connectivity index (χ3n) is 4.17. The van der Waals surface area contributed by atoms with Crippen LogP contribution in [0.2, 0.25) is 0 Å². The zero-order chi connectivity index (χ0) is 20.5. The summed E-state index contributed by atoms with van der Waals surface area (Å²) in [6.45, 7) is 0.121. The number of hydrogen-bond acceptors (Lipinski definition) is 4. The topological polar surface area (TPSA) is 64.6 Å². The average molecular weight is 387 g/mol. The van der Waals surface area contributed by atoms with Crippen LogP contribution in [-0.2, 0) is 16.1 Å². The molecule has 0 spiro atoms. The number of para-hydroxylation sites is 2. The minimum absolute atomic E-state index is 0.121. The van der Waals surface area contributed by atoms with E-state index in [-0.39, 0.29) is 12.5 Å². The molecule has 3 aromatic carbocycles. The van der Waals surface area contributed by atoms with Crippen molar-refractivity contribution in [1.29, 1.82) is 0 Å². The van der Waals surface area contributed by atoms with E-state index in [1.165, 1.54) is 6.08 Å². The van der Waals surface area contributed by atoms with Crippen molar-refractivity contribution in [3.8, 4) is 5.75 Å². The van der Waals surface area contributed by atoms with Crippen molar-refractivity contribution in [3.05, 3.63) is 102 Å². The first-order valence-corrected chi connectivity index (χ1v) is 9.09. The van der Waals surface area contributed by atoms with E-state index in [1.807, 2.05) is 54.6 Å². The van der Waals surface area contributed by atoms with Crippen LogP contribution in [0.15, 0.2) is 84.9 Å². The number of carbonyl (C=O) groups is 2. The Morgan fingerprint density at radius 3 is 2.31 bits per heavy atom. The molecule has 1 N–H and O–H groups in total. The van der Waals surface area contributed by atoms with Crippen LogP contribution in [0.4, 0.5) is 5.69 Å². The number of anilines is 1. The van der Waals surface area contributed by atoms with E-state index >= 15 is 0 Å². The first-order valence-electron chi connectivity index (χ1n) is 9.09. The molecule has 0 aliphatic carbocycles.